The highest BCUT2D eigenvalue weighted by molar-refractivity contribution is 6.21. The average Bonchev–Trinajstić information content (AvgIpc) is 3.01. The van der Waals surface area contributed by atoms with Crippen LogP contribution in [0.3, 0.4) is 0 Å². The monoisotopic (exact) mass is 419 g/mol. The highest BCUT2D eigenvalue weighted by Crippen LogP contribution is 2.26. The summed E-state index contributed by atoms with van der Waals surface area (Å²) in [6, 6.07) is 15.2. The van der Waals surface area contributed by atoms with Gasteiger partial charge in [0.2, 0.25) is 0 Å². The Morgan fingerprint density at radius 1 is 1.06 bits per heavy atom. The van der Waals surface area contributed by atoms with E-state index in [0.29, 0.717) is 0 Å². The minimum Gasteiger partial charge on any atom is -0.452 e. The molecule has 3 rings (SSSR count). The van der Waals surface area contributed by atoms with Crippen molar-refractivity contribution in [2.24, 2.45) is 0 Å². The van der Waals surface area contributed by atoms with Crippen molar-refractivity contribution in [3.05, 3.63) is 70.8 Å². The first-order valence-corrected chi connectivity index (χ1v) is 9.55. The van der Waals surface area contributed by atoms with Crippen LogP contribution in [0.5, 0.6) is 0 Å². The number of carbonyl (C=O) groups is 4. The van der Waals surface area contributed by atoms with Gasteiger partial charge in [-0.2, -0.15) is 5.26 Å². The van der Waals surface area contributed by atoms with Gasteiger partial charge in [-0.3, -0.25) is 19.3 Å². The molecule has 1 aliphatic heterocycles. The van der Waals surface area contributed by atoms with Gasteiger partial charge in [0.1, 0.15) is 5.54 Å². The van der Waals surface area contributed by atoms with Crippen molar-refractivity contribution in [2.75, 3.05) is 13.7 Å². The van der Waals surface area contributed by atoms with Gasteiger partial charge in [-0.25, -0.2) is 4.79 Å². The van der Waals surface area contributed by atoms with Gasteiger partial charge in [-0.05, 0) is 37.6 Å². The quantitative estimate of drug-likeness (QED) is 0.526. The zero-order chi connectivity index (χ0) is 22.8. The second-order valence-corrected chi connectivity index (χ2v) is 7.64. The van der Waals surface area contributed by atoms with Crippen LogP contribution in [-0.4, -0.2) is 52.7 Å². The molecule has 0 aliphatic carbocycles. The lowest BCUT2D eigenvalue weighted by atomic mass is 10.1. The van der Waals surface area contributed by atoms with Gasteiger partial charge < -0.3 is 9.64 Å². The fourth-order valence-electron chi connectivity index (χ4n) is 3.02. The zero-order valence-corrected chi connectivity index (χ0v) is 17.4. The summed E-state index contributed by atoms with van der Waals surface area (Å²) in [7, 11) is 1.44. The smallest absolute Gasteiger partial charge is 0.338 e. The number of imide groups is 1. The first-order chi connectivity index (χ1) is 14.7. The Morgan fingerprint density at radius 3 is 2.35 bits per heavy atom. The van der Waals surface area contributed by atoms with Crippen LogP contribution in [0.1, 0.15) is 50.5 Å². The number of ether oxygens (including phenoxy) is 1. The first-order valence-electron chi connectivity index (χ1n) is 9.55. The summed E-state index contributed by atoms with van der Waals surface area (Å²) in [5.41, 5.74) is 0.135. The van der Waals surface area contributed by atoms with Gasteiger partial charge in [0, 0.05) is 7.05 Å². The van der Waals surface area contributed by atoms with E-state index in [0.717, 1.165) is 10.5 Å². The first kappa shape index (κ1) is 21.7. The minimum absolute atomic E-state index is 0.0523. The van der Waals surface area contributed by atoms with E-state index >= 15 is 0 Å². The van der Waals surface area contributed by atoms with E-state index in [4.69, 9.17) is 10.00 Å². The van der Waals surface area contributed by atoms with E-state index in [1.54, 1.807) is 13.8 Å². The van der Waals surface area contributed by atoms with Crippen LogP contribution in [0.2, 0.25) is 0 Å². The largest absolute Gasteiger partial charge is 0.452 e. The molecule has 31 heavy (non-hydrogen) atoms. The maximum absolute atomic E-state index is 12.7. The number of rotatable bonds is 6. The van der Waals surface area contributed by atoms with E-state index in [2.05, 4.69) is 0 Å². The molecule has 0 bridgehead atoms. The van der Waals surface area contributed by atoms with E-state index in [1.165, 1.54) is 30.1 Å². The summed E-state index contributed by atoms with van der Waals surface area (Å²) in [5, 5.41) is 9.10. The lowest BCUT2D eigenvalue weighted by Crippen LogP contribution is -2.45. The number of benzene rings is 2. The Balaban J connectivity index is 1.71. The average molecular weight is 419 g/mol. The molecule has 1 aliphatic rings. The number of fused-ring (bicyclic) bond motifs is 1. The van der Waals surface area contributed by atoms with Crippen molar-refractivity contribution in [1.82, 2.24) is 9.80 Å². The maximum Gasteiger partial charge on any atom is 0.338 e. The van der Waals surface area contributed by atoms with Crippen molar-refractivity contribution in [3.8, 4) is 6.07 Å². The molecule has 8 heteroatoms. The van der Waals surface area contributed by atoms with Crippen molar-refractivity contribution < 1.29 is 23.9 Å². The van der Waals surface area contributed by atoms with E-state index in [9.17, 15) is 19.2 Å². The Bertz CT molecular complexity index is 1100. The summed E-state index contributed by atoms with van der Waals surface area (Å²) in [6.45, 7) is 2.71. The van der Waals surface area contributed by atoms with E-state index in [1.807, 2.05) is 36.4 Å². The van der Waals surface area contributed by atoms with Gasteiger partial charge in [0.15, 0.2) is 6.61 Å². The SMILES string of the molecule is CN(C(=O)COC(=O)c1ccc2c(c1)C(=O)N(Cc1ccccc1)C2=O)C(C)(C)C#N. The molecule has 0 fully saturated rings. The molecule has 1 heterocycles. The Morgan fingerprint density at radius 2 is 1.71 bits per heavy atom. The van der Waals surface area contributed by atoms with Gasteiger partial charge >= 0.3 is 5.97 Å². The molecule has 0 spiro atoms. The van der Waals surface area contributed by atoms with Crippen LogP contribution in [0.15, 0.2) is 48.5 Å². The van der Waals surface area contributed by atoms with Crippen LogP contribution in [0, 0.1) is 11.3 Å². The standard InChI is InChI=1S/C23H21N3O5/c1-23(2,14-24)25(3)19(27)13-31-22(30)16-9-10-17-18(11-16)21(29)26(20(17)28)12-15-7-5-4-6-8-15/h4-11H,12-13H2,1-3H3. The molecule has 3 amide bonds. The third-order valence-corrected chi connectivity index (χ3v) is 5.20. The molecule has 0 unspecified atom stereocenters. The Labute approximate surface area is 179 Å². The van der Waals surface area contributed by atoms with Crippen LogP contribution in [0.25, 0.3) is 0 Å². The molecule has 8 nitrogen and oxygen atoms in total. The molecule has 0 N–H and O–H groups in total. The topological polar surface area (TPSA) is 108 Å². The second-order valence-electron chi connectivity index (χ2n) is 7.64. The van der Waals surface area contributed by atoms with Crippen molar-refractivity contribution >= 4 is 23.7 Å². The zero-order valence-electron chi connectivity index (χ0n) is 17.4. The second kappa shape index (κ2) is 8.40. The van der Waals surface area contributed by atoms with Crippen molar-refractivity contribution in [2.45, 2.75) is 25.9 Å². The molecular formula is C23H21N3O5. The van der Waals surface area contributed by atoms with Crippen LogP contribution in [-0.2, 0) is 16.1 Å². The predicted octanol–water partition coefficient (Wildman–Crippen LogP) is 2.40. The summed E-state index contributed by atoms with van der Waals surface area (Å²) in [4.78, 5) is 52.2. The summed E-state index contributed by atoms with van der Waals surface area (Å²) < 4.78 is 5.05. The lowest BCUT2D eigenvalue weighted by Gasteiger charge is -2.28. The number of carbonyl (C=O) groups excluding carboxylic acids is 4. The molecule has 0 saturated heterocycles. The van der Waals surface area contributed by atoms with Crippen LogP contribution >= 0.6 is 0 Å². The summed E-state index contributed by atoms with van der Waals surface area (Å²) in [5.74, 6) is -2.27. The van der Waals surface area contributed by atoms with E-state index < -0.39 is 35.8 Å². The van der Waals surface area contributed by atoms with E-state index in [-0.39, 0.29) is 23.2 Å². The highest BCUT2D eigenvalue weighted by atomic mass is 16.5. The molecule has 0 saturated carbocycles. The third kappa shape index (κ3) is 4.31. The molecule has 158 valence electrons. The fraction of sp³-hybridized carbons (Fsp3) is 0.261. The minimum atomic E-state index is -1.05. The molecule has 0 aromatic heterocycles. The third-order valence-electron chi connectivity index (χ3n) is 5.20. The summed E-state index contributed by atoms with van der Waals surface area (Å²) in [6.07, 6.45) is 0. The Hall–Kier alpha value is -3.99. The number of esters is 1. The van der Waals surface area contributed by atoms with Crippen LogP contribution in [0.4, 0.5) is 0 Å². The number of hydrogen-bond acceptors (Lipinski definition) is 6. The normalized spacial score (nSPS) is 12.9. The van der Waals surface area contributed by atoms with Crippen LogP contribution < -0.4 is 0 Å². The van der Waals surface area contributed by atoms with Crippen molar-refractivity contribution in [1.29, 1.82) is 5.26 Å². The molecule has 0 atom stereocenters. The number of likely N-dealkylation sites (N-methyl/N-ethyl adjacent to an activating group) is 1. The maximum atomic E-state index is 12.7. The van der Waals surface area contributed by atoms with Crippen molar-refractivity contribution in [3.63, 3.8) is 0 Å². The molecule has 2 aromatic rings. The Kier molecular flexibility index (Phi) is 5.88. The van der Waals surface area contributed by atoms with Gasteiger partial charge in [0.05, 0.1) is 29.3 Å². The highest BCUT2D eigenvalue weighted by Gasteiger charge is 2.36. The molecular weight excluding hydrogens is 398 g/mol. The molecule has 0 radical (unpaired) electrons. The fourth-order valence-corrected chi connectivity index (χ4v) is 3.02. The van der Waals surface area contributed by atoms with Gasteiger partial charge in [-0.1, -0.05) is 30.3 Å². The molecule has 2 aromatic carbocycles. The number of hydrogen-bond donors (Lipinski definition) is 0. The summed E-state index contributed by atoms with van der Waals surface area (Å²) >= 11 is 0. The van der Waals surface area contributed by atoms with Gasteiger partial charge in [-0.15, -0.1) is 0 Å². The number of nitrogens with zero attached hydrogens (tertiary/aromatic N) is 3. The number of nitriles is 1. The van der Waals surface area contributed by atoms with Gasteiger partial charge in [0.25, 0.3) is 17.7 Å². The lowest BCUT2D eigenvalue weighted by molar-refractivity contribution is -0.136. The number of amides is 3. The predicted molar refractivity (Wildman–Crippen MR) is 110 cm³/mol.